The Labute approximate surface area is 93.8 Å². The molecule has 1 aliphatic heterocycles. The average molecular weight is 253 g/mol. The van der Waals surface area contributed by atoms with Crippen molar-refractivity contribution < 1.29 is 27.8 Å². The van der Waals surface area contributed by atoms with Gasteiger partial charge < -0.3 is 14.6 Å². The van der Waals surface area contributed by atoms with Crippen molar-refractivity contribution in [1.82, 2.24) is 4.72 Å². The molecule has 1 rings (SSSR count). The molecule has 0 amide bonds. The van der Waals surface area contributed by atoms with Gasteiger partial charge in [0.25, 0.3) is 0 Å². The van der Waals surface area contributed by atoms with Crippen LogP contribution in [-0.4, -0.2) is 57.7 Å². The predicted octanol–water partition coefficient (Wildman–Crippen LogP) is -1.20. The number of aliphatic carboxylic acids is 1. The van der Waals surface area contributed by atoms with Crippen LogP contribution in [0.2, 0.25) is 0 Å². The van der Waals surface area contributed by atoms with E-state index in [2.05, 4.69) is 9.46 Å². The second-order valence-electron chi connectivity index (χ2n) is 3.60. The first-order valence-electron chi connectivity index (χ1n) is 4.74. The molecule has 0 aromatic heterocycles. The third-order valence-corrected chi connectivity index (χ3v) is 3.74. The van der Waals surface area contributed by atoms with Gasteiger partial charge in [0.1, 0.15) is 0 Å². The zero-order chi connectivity index (χ0) is 12.2. The first-order valence-corrected chi connectivity index (χ1v) is 6.39. The molecule has 2 N–H and O–H groups in total. The highest BCUT2D eigenvalue weighted by Crippen LogP contribution is 2.20. The number of carbonyl (C=O) groups is 1. The second kappa shape index (κ2) is 5.09. The summed E-state index contributed by atoms with van der Waals surface area (Å²) >= 11 is 0. The lowest BCUT2D eigenvalue weighted by atomic mass is 10.0. The molecular formula is C8H15NO6S. The molecule has 8 heteroatoms. The minimum atomic E-state index is -3.67. The molecule has 1 unspecified atom stereocenters. The second-order valence-corrected chi connectivity index (χ2v) is 5.45. The summed E-state index contributed by atoms with van der Waals surface area (Å²) < 4.78 is 34.8. The Morgan fingerprint density at radius 1 is 1.62 bits per heavy atom. The Bertz CT molecular complexity index is 346. The Morgan fingerprint density at radius 3 is 2.75 bits per heavy atom. The molecule has 0 saturated carbocycles. The smallest absolute Gasteiger partial charge is 0.327 e. The van der Waals surface area contributed by atoms with Crippen LogP contribution in [0.3, 0.4) is 0 Å². The number of hydrogen-bond donors (Lipinski definition) is 2. The van der Waals surface area contributed by atoms with Gasteiger partial charge in [-0.15, -0.1) is 0 Å². The molecule has 0 spiro atoms. The van der Waals surface area contributed by atoms with Crippen molar-refractivity contribution in [3.63, 3.8) is 0 Å². The van der Waals surface area contributed by atoms with Crippen molar-refractivity contribution in [3.05, 3.63) is 0 Å². The summed E-state index contributed by atoms with van der Waals surface area (Å²) in [5.74, 6) is -1.48. The van der Waals surface area contributed by atoms with Gasteiger partial charge in [-0.1, -0.05) is 0 Å². The SMILES string of the molecule is COCCS(=O)(=O)NC1(C(=O)O)CCOC1. The molecule has 1 saturated heterocycles. The highest BCUT2D eigenvalue weighted by Gasteiger charge is 2.45. The maximum Gasteiger partial charge on any atom is 0.327 e. The van der Waals surface area contributed by atoms with E-state index in [1.54, 1.807) is 0 Å². The maximum atomic E-state index is 11.5. The molecule has 0 aromatic rings. The summed E-state index contributed by atoms with van der Waals surface area (Å²) in [6.45, 7) is 0.111. The third kappa shape index (κ3) is 3.14. The third-order valence-electron chi connectivity index (χ3n) is 2.34. The Hall–Kier alpha value is -0.700. The quantitative estimate of drug-likeness (QED) is 0.616. The van der Waals surface area contributed by atoms with Crippen LogP contribution >= 0.6 is 0 Å². The van der Waals surface area contributed by atoms with E-state index in [4.69, 9.17) is 9.84 Å². The number of sulfonamides is 1. The van der Waals surface area contributed by atoms with E-state index in [0.717, 1.165) is 0 Å². The summed E-state index contributed by atoms with van der Waals surface area (Å²) in [5, 5.41) is 9.01. The topological polar surface area (TPSA) is 102 Å². The van der Waals surface area contributed by atoms with E-state index in [1.165, 1.54) is 7.11 Å². The summed E-state index contributed by atoms with van der Waals surface area (Å²) in [6.07, 6.45) is 0.133. The van der Waals surface area contributed by atoms with Crippen LogP contribution in [0.15, 0.2) is 0 Å². The van der Waals surface area contributed by atoms with Crippen LogP contribution in [0, 0.1) is 0 Å². The molecule has 0 aliphatic carbocycles. The lowest BCUT2D eigenvalue weighted by Crippen LogP contribution is -2.55. The van der Waals surface area contributed by atoms with Crippen molar-refractivity contribution in [1.29, 1.82) is 0 Å². The zero-order valence-corrected chi connectivity index (χ0v) is 9.75. The molecule has 16 heavy (non-hydrogen) atoms. The lowest BCUT2D eigenvalue weighted by Gasteiger charge is -2.23. The summed E-state index contributed by atoms with van der Waals surface area (Å²) in [6, 6.07) is 0. The van der Waals surface area contributed by atoms with Crippen LogP contribution in [0.5, 0.6) is 0 Å². The van der Waals surface area contributed by atoms with Crippen LogP contribution in [-0.2, 0) is 24.3 Å². The van der Waals surface area contributed by atoms with Crippen LogP contribution < -0.4 is 4.72 Å². The molecule has 1 aliphatic rings. The number of nitrogens with one attached hydrogen (secondary N) is 1. The molecule has 1 atom stereocenters. The number of methoxy groups -OCH3 is 1. The lowest BCUT2D eigenvalue weighted by molar-refractivity contribution is -0.144. The van der Waals surface area contributed by atoms with Gasteiger partial charge in [0, 0.05) is 20.1 Å². The van der Waals surface area contributed by atoms with E-state index in [9.17, 15) is 13.2 Å². The van der Waals surface area contributed by atoms with Crippen LogP contribution in [0.25, 0.3) is 0 Å². The number of rotatable bonds is 6. The first-order chi connectivity index (χ1) is 7.42. The van der Waals surface area contributed by atoms with E-state index in [0.29, 0.717) is 0 Å². The van der Waals surface area contributed by atoms with Crippen molar-refractivity contribution in [2.75, 3.05) is 32.7 Å². The Morgan fingerprint density at radius 2 is 2.31 bits per heavy atom. The molecule has 0 bridgehead atoms. The van der Waals surface area contributed by atoms with Gasteiger partial charge in [-0.25, -0.2) is 8.42 Å². The average Bonchev–Trinajstić information content (AvgIpc) is 2.64. The van der Waals surface area contributed by atoms with Gasteiger partial charge in [0.05, 0.1) is 19.0 Å². The highest BCUT2D eigenvalue weighted by atomic mass is 32.2. The van der Waals surface area contributed by atoms with Crippen molar-refractivity contribution >= 4 is 16.0 Å². The van der Waals surface area contributed by atoms with Gasteiger partial charge in [0.15, 0.2) is 5.54 Å². The first kappa shape index (κ1) is 13.4. The van der Waals surface area contributed by atoms with Gasteiger partial charge in [-0.05, 0) is 0 Å². The highest BCUT2D eigenvalue weighted by molar-refractivity contribution is 7.89. The standard InChI is InChI=1S/C8H15NO6S/c1-14-4-5-16(12,13)9-8(7(10)11)2-3-15-6-8/h9H,2-6H2,1H3,(H,10,11). The van der Waals surface area contributed by atoms with Crippen molar-refractivity contribution in [3.8, 4) is 0 Å². The molecule has 0 aromatic carbocycles. The van der Waals surface area contributed by atoms with E-state index in [1.807, 2.05) is 0 Å². The fourth-order valence-corrected chi connectivity index (χ4v) is 2.73. The normalized spacial score (nSPS) is 25.8. The Balaban J connectivity index is 2.72. The monoisotopic (exact) mass is 253 g/mol. The van der Waals surface area contributed by atoms with E-state index < -0.39 is 21.5 Å². The molecule has 1 fully saturated rings. The van der Waals surface area contributed by atoms with Crippen LogP contribution in [0.4, 0.5) is 0 Å². The number of hydrogen-bond acceptors (Lipinski definition) is 5. The maximum absolute atomic E-state index is 11.5. The van der Waals surface area contributed by atoms with Gasteiger partial charge in [-0.3, -0.25) is 4.79 Å². The summed E-state index contributed by atoms with van der Waals surface area (Å²) in [7, 11) is -2.29. The fourth-order valence-electron chi connectivity index (χ4n) is 1.40. The summed E-state index contributed by atoms with van der Waals surface area (Å²) in [4.78, 5) is 11.0. The molecule has 1 heterocycles. The van der Waals surface area contributed by atoms with Crippen molar-refractivity contribution in [2.45, 2.75) is 12.0 Å². The summed E-state index contributed by atoms with van der Waals surface area (Å²) in [5.41, 5.74) is -1.52. The van der Waals surface area contributed by atoms with E-state index >= 15 is 0 Å². The minimum Gasteiger partial charge on any atom is -0.480 e. The van der Waals surface area contributed by atoms with Gasteiger partial charge in [0.2, 0.25) is 10.0 Å². The van der Waals surface area contributed by atoms with E-state index in [-0.39, 0.29) is 32.0 Å². The molecule has 7 nitrogen and oxygen atoms in total. The van der Waals surface area contributed by atoms with Crippen molar-refractivity contribution in [2.24, 2.45) is 0 Å². The zero-order valence-electron chi connectivity index (χ0n) is 8.93. The number of ether oxygens (including phenoxy) is 2. The molecule has 0 radical (unpaired) electrons. The van der Waals surface area contributed by atoms with Gasteiger partial charge in [-0.2, -0.15) is 4.72 Å². The number of carboxylic acid groups (broad SMARTS) is 1. The number of carboxylic acids is 1. The van der Waals surface area contributed by atoms with Gasteiger partial charge >= 0.3 is 5.97 Å². The molecule has 94 valence electrons. The predicted molar refractivity (Wildman–Crippen MR) is 54.6 cm³/mol. The Kier molecular flexibility index (Phi) is 4.25. The minimum absolute atomic E-state index is 0.0197. The van der Waals surface area contributed by atoms with Crippen LogP contribution in [0.1, 0.15) is 6.42 Å². The fraction of sp³-hybridized carbons (Fsp3) is 0.875. The largest absolute Gasteiger partial charge is 0.480 e. The molecular weight excluding hydrogens is 238 g/mol.